The summed E-state index contributed by atoms with van der Waals surface area (Å²) < 4.78 is 0. The highest BCUT2D eigenvalue weighted by molar-refractivity contribution is 5.79. The molecule has 3 aliphatic heterocycles. The molecule has 2 fully saturated rings. The number of nitrogens with two attached hydrogens (primary N) is 1. The van der Waals surface area contributed by atoms with E-state index in [-0.39, 0.29) is 12.0 Å². The maximum atomic E-state index is 13.0. The van der Waals surface area contributed by atoms with E-state index < -0.39 is 0 Å². The molecule has 1 aromatic rings. The van der Waals surface area contributed by atoms with Crippen molar-refractivity contribution < 1.29 is 9.63 Å². The minimum Gasteiger partial charge on any atom is -0.413 e. The molecule has 4 rings (SSSR count). The Balaban J connectivity index is 1.19. The van der Waals surface area contributed by atoms with Gasteiger partial charge in [-0.1, -0.05) is 0 Å². The topological polar surface area (TPSA) is 87.0 Å². The molecule has 0 radical (unpaired) electrons. The Labute approximate surface area is 172 Å². The standard InChI is InChI=1S/C21H32N6O2/c1-16-12-19(24-29-16)15-26-8-10-27(11-9-26)21(28)18-3-6-25(7-4-18)14-17-2-5-23-20(22)13-17/h2,5,12-13,18-19,24H,3-4,6-11,14-15H2,1H3,(H2,22,23). The third kappa shape index (κ3) is 5.26. The van der Waals surface area contributed by atoms with Crippen LogP contribution in [0.25, 0.3) is 0 Å². The summed E-state index contributed by atoms with van der Waals surface area (Å²) in [7, 11) is 0. The van der Waals surface area contributed by atoms with E-state index >= 15 is 0 Å². The van der Waals surface area contributed by atoms with Crippen molar-refractivity contribution in [3.63, 3.8) is 0 Å². The Bertz CT molecular complexity index is 738. The molecule has 158 valence electrons. The number of anilines is 1. The first-order valence-electron chi connectivity index (χ1n) is 10.6. The van der Waals surface area contributed by atoms with E-state index in [0.717, 1.165) is 71.0 Å². The largest absolute Gasteiger partial charge is 0.413 e. The van der Waals surface area contributed by atoms with Gasteiger partial charge >= 0.3 is 0 Å². The molecule has 4 heterocycles. The Morgan fingerprint density at radius 3 is 2.62 bits per heavy atom. The highest BCUT2D eigenvalue weighted by Crippen LogP contribution is 2.22. The molecule has 3 N–H and O–H groups in total. The molecule has 29 heavy (non-hydrogen) atoms. The number of rotatable bonds is 5. The number of hydrogen-bond acceptors (Lipinski definition) is 7. The van der Waals surface area contributed by atoms with Crippen LogP contribution in [0.4, 0.5) is 5.82 Å². The third-order valence-corrected chi connectivity index (χ3v) is 6.13. The van der Waals surface area contributed by atoms with E-state index in [1.807, 2.05) is 19.1 Å². The molecule has 8 heteroatoms. The van der Waals surface area contributed by atoms with Crippen molar-refractivity contribution in [1.82, 2.24) is 25.2 Å². The Kier molecular flexibility index (Phi) is 6.32. The number of piperazine rings is 1. The summed E-state index contributed by atoms with van der Waals surface area (Å²) in [5.41, 5.74) is 9.99. The number of aromatic nitrogens is 1. The maximum absolute atomic E-state index is 13.0. The van der Waals surface area contributed by atoms with Crippen molar-refractivity contribution in [2.24, 2.45) is 5.92 Å². The first-order chi connectivity index (χ1) is 14.1. The van der Waals surface area contributed by atoms with Crippen LogP contribution in [0.5, 0.6) is 0 Å². The van der Waals surface area contributed by atoms with Crippen molar-refractivity contribution in [3.8, 4) is 0 Å². The van der Waals surface area contributed by atoms with Gasteiger partial charge in [-0.05, 0) is 56.6 Å². The average molecular weight is 401 g/mol. The van der Waals surface area contributed by atoms with Crippen LogP contribution in [0.15, 0.2) is 30.2 Å². The normalized spacial score (nSPS) is 24.4. The fourth-order valence-corrected chi connectivity index (χ4v) is 4.49. The van der Waals surface area contributed by atoms with Crippen LogP contribution in [0.3, 0.4) is 0 Å². The van der Waals surface area contributed by atoms with Gasteiger partial charge in [-0.15, -0.1) is 5.48 Å². The predicted octanol–water partition coefficient (Wildman–Crippen LogP) is 0.827. The van der Waals surface area contributed by atoms with Gasteiger partial charge < -0.3 is 15.5 Å². The number of piperidine rings is 1. The number of nitrogens with one attached hydrogen (secondary N) is 1. The lowest BCUT2D eigenvalue weighted by molar-refractivity contribution is -0.139. The van der Waals surface area contributed by atoms with Gasteiger partial charge in [0.05, 0.1) is 6.04 Å². The fourth-order valence-electron chi connectivity index (χ4n) is 4.49. The number of nitrogens with zero attached hydrogens (tertiary/aromatic N) is 4. The number of likely N-dealkylation sites (tertiary alicyclic amines) is 1. The van der Waals surface area contributed by atoms with Crippen molar-refractivity contribution in [3.05, 3.63) is 35.7 Å². The van der Waals surface area contributed by atoms with E-state index in [1.165, 1.54) is 5.56 Å². The molecule has 1 amide bonds. The molecule has 1 aromatic heterocycles. The van der Waals surface area contributed by atoms with Gasteiger partial charge in [0.25, 0.3) is 0 Å². The summed E-state index contributed by atoms with van der Waals surface area (Å²) in [6.07, 6.45) is 5.75. The summed E-state index contributed by atoms with van der Waals surface area (Å²) in [6, 6.07) is 4.19. The second-order valence-corrected chi connectivity index (χ2v) is 8.37. The Morgan fingerprint density at radius 1 is 1.21 bits per heavy atom. The average Bonchev–Trinajstić information content (AvgIpc) is 3.13. The highest BCUT2D eigenvalue weighted by Gasteiger charge is 2.31. The van der Waals surface area contributed by atoms with E-state index in [9.17, 15) is 4.79 Å². The summed E-state index contributed by atoms with van der Waals surface area (Å²) in [4.78, 5) is 29.2. The van der Waals surface area contributed by atoms with Crippen LogP contribution in [-0.4, -0.2) is 77.4 Å². The monoisotopic (exact) mass is 400 g/mol. The molecule has 0 aliphatic carbocycles. The number of carbonyl (C=O) groups is 1. The zero-order valence-electron chi connectivity index (χ0n) is 17.2. The second kappa shape index (κ2) is 9.11. The minimum atomic E-state index is 0.163. The Hall–Kier alpha value is -2.16. The number of pyridine rings is 1. The molecule has 2 saturated heterocycles. The van der Waals surface area contributed by atoms with Crippen molar-refractivity contribution >= 4 is 11.7 Å². The summed E-state index contributed by atoms with van der Waals surface area (Å²) in [5.74, 6) is 2.00. The third-order valence-electron chi connectivity index (χ3n) is 6.13. The first kappa shape index (κ1) is 20.1. The van der Waals surface area contributed by atoms with Crippen LogP contribution in [-0.2, 0) is 16.2 Å². The number of hydrogen-bond donors (Lipinski definition) is 2. The SMILES string of the molecule is CC1=CC(CN2CCN(C(=O)C3CCN(Cc4ccnc(N)c4)CC3)CC2)NO1. The number of amides is 1. The van der Waals surface area contributed by atoms with Gasteiger partial charge in [-0.25, -0.2) is 4.98 Å². The first-order valence-corrected chi connectivity index (χ1v) is 10.6. The molecule has 0 bridgehead atoms. The van der Waals surface area contributed by atoms with E-state index in [0.29, 0.717) is 11.7 Å². The quantitative estimate of drug-likeness (QED) is 0.757. The van der Waals surface area contributed by atoms with Crippen LogP contribution in [0.2, 0.25) is 0 Å². The van der Waals surface area contributed by atoms with E-state index in [4.69, 9.17) is 10.6 Å². The number of carbonyl (C=O) groups excluding carboxylic acids is 1. The molecule has 0 saturated carbocycles. The summed E-state index contributed by atoms with van der Waals surface area (Å²) in [6.45, 7) is 9.18. The van der Waals surface area contributed by atoms with Crippen molar-refractivity contribution in [1.29, 1.82) is 0 Å². The zero-order valence-corrected chi connectivity index (χ0v) is 17.2. The van der Waals surface area contributed by atoms with Crippen LogP contribution >= 0.6 is 0 Å². The number of hydroxylamine groups is 1. The van der Waals surface area contributed by atoms with Gasteiger partial charge in [0.2, 0.25) is 5.91 Å². The lowest BCUT2D eigenvalue weighted by Gasteiger charge is -2.39. The van der Waals surface area contributed by atoms with E-state index in [2.05, 4.69) is 31.2 Å². The molecule has 0 aromatic carbocycles. The van der Waals surface area contributed by atoms with Crippen molar-refractivity contribution in [2.45, 2.75) is 32.4 Å². The lowest BCUT2D eigenvalue weighted by atomic mass is 9.94. The molecular weight excluding hydrogens is 368 g/mol. The smallest absolute Gasteiger partial charge is 0.225 e. The predicted molar refractivity (Wildman–Crippen MR) is 111 cm³/mol. The molecular formula is C21H32N6O2. The fraction of sp³-hybridized carbons (Fsp3) is 0.619. The maximum Gasteiger partial charge on any atom is 0.225 e. The van der Waals surface area contributed by atoms with Gasteiger partial charge in [-0.2, -0.15) is 0 Å². The number of allylic oxidation sites excluding steroid dienone is 1. The van der Waals surface area contributed by atoms with Crippen LogP contribution in [0, 0.1) is 5.92 Å². The summed E-state index contributed by atoms with van der Waals surface area (Å²) >= 11 is 0. The molecule has 0 spiro atoms. The molecule has 1 atom stereocenters. The van der Waals surface area contributed by atoms with Crippen LogP contribution < -0.4 is 11.2 Å². The Morgan fingerprint density at radius 2 is 1.97 bits per heavy atom. The lowest BCUT2D eigenvalue weighted by Crippen LogP contribution is -2.53. The molecule has 3 aliphatic rings. The van der Waals surface area contributed by atoms with Crippen molar-refractivity contribution in [2.75, 3.05) is 51.5 Å². The van der Waals surface area contributed by atoms with Gasteiger partial charge in [0.15, 0.2) is 0 Å². The zero-order chi connectivity index (χ0) is 20.2. The highest BCUT2D eigenvalue weighted by atomic mass is 16.7. The molecule has 8 nitrogen and oxygen atoms in total. The summed E-state index contributed by atoms with van der Waals surface area (Å²) in [5, 5.41) is 0. The van der Waals surface area contributed by atoms with Gasteiger partial charge in [0, 0.05) is 51.4 Å². The van der Waals surface area contributed by atoms with E-state index in [1.54, 1.807) is 6.20 Å². The number of nitrogen functional groups attached to an aromatic ring is 1. The van der Waals surface area contributed by atoms with Gasteiger partial charge in [-0.3, -0.25) is 14.6 Å². The minimum absolute atomic E-state index is 0.163. The second-order valence-electron chi connectivity index (χ2n) is 8.37. The van der Waals surface area contributed by atoms with Gasteiger partial charge in [0.1, 0.15) is 11.6 Å². The van der Waals surface area contributed by atoms with Crippen LogP contribution in [0.1, 0.15) is 25.3 Å². The molecule has 1 unspecified atom stereocenters.